The zero-order valence-corrected chi connectivity index (χ0v) is 16.0. The normalized spacial score (nSPS) is 17.1. The molecule has 7 nitrogen and oxygen atoms in total. The van der Waals surface area contributed by atoms with Crippen molar-refractivity contribution < 1.29 is 10.2 Å². The van der Waals surface area contributed by atoms with Crippen LogP contribution in [0.5, 0.6) is 5.75 Å². The van der Waals surface area contributed by atoms with E-state index in [2.05, 4.69) is 14.8 Å². The SMILES string of the molecule is CCn1c(C)cc(O)c(C(c2ccccn2)N2CCN(CCO)CC2)c1=O. The summed E-state index contributed by atoms with van der Waals surface area (Å²) in [6, 6.07) is 6.92. The predicted molar refractivity (Wildman–Crippen MR) is 104 cm³/mol. The molecule has 3 rings (SSSR count). The molecule has 2 aromatic heterocycles. The Balaban J connectivity index is 2.04. The van der Waals surface area contributed by atoms with Crippen LogP contribution in [0, 0.1) is 6.92 Å². The van der Waals surface area contributed by atoms with Crippen LogP contribution >= 0.6 is 0 Å². The van der Waals surface area contributed by atoms with Crippen LogP contribution in [0.25, 0.3) is 0 Å². The number of hydrogen-bond acceptors (Lipinski definition) is 6. The monoisotopic (exact) mass is 372 g/mol. The maximum atomic E-state index is 13.2. The number of rotatable bonds is 6. The van der Waals surface area contributed by atoms with E-state index in [4.69, 9.17) is 5.11 Å². The van der Waals surface area contributed by atoms with Gasteiger partial charge in [0.2, 0.25) is 0 Å². The largest absolute Gasteiger partial charge is 0.507 e. The molecular formula is C20H28N4O3. The van der Waals surface area contributed by atoms with E-state index in [-0.39, 0.29) is 17.9 Å². The first kappa shape index (κ1) is 19.5. The van der Waals surface area contributed by atoms with E-state index in [0.717, 1.165) is 37.6 Å². The van der Waals surface area contributed by atoms with Crippen LogP contribution in [-0.4, -0.2) is 68.9 Å². The quantitative estimate of drug-likeness (QED) is 0.787. The first-order chi connectivity index (χ1) is 13.1. The highest BCUT2D eigenvalue weighted by Gasteiger charge is 2.31. The molecule has 146 valence electrons. The van der Waals surface area contributed by atoms with E-state index >= 15 is 0 Å². The van der Waals surface area contributed by atoms with Gasteiger partial charge in [-0.05, 0) is 32.0 Å². The Kier molecular flexibility index (Phi) is 6.26. The van der Waals surface area contributed by atoms with Gasteiger partial charge in [-0.15, -0.1) is 0 Å². The van der Waals surface area contributed by atoms with Crippen molar-refractivity contribution in [3.8, 4) is 5.75 Å². The number of aromatic hydroxyl groups is 1. The van der Waals surface area contributed by atoms with Crippen LogP contribution in [0.2, 0.25) is 0 Å². The molecule has 0 aliphatic carbocycles. The highest BCUT2D eigenvalue weighted by Crippen LogP contribution is 2.32. The highest BCUT2D eigenvalue weighted by molar-refractivity contribution is 5.39. The molecule has 1 atom stereocenters. The highest BCUT2D eigenvalue weighted by atomic mass is 16.3. The summed E-state index contributed by atoms with van der Waals surface area (Å²) in [7, 11) is 0. The average molecular weight is 372 g/mol. The third-order valence-electron chi connectivity index (χ3n) is 5.27. The van der Waals surface area contributed by atoms with Crippen molar-refractivity contribution in [2.75, 3.05) is 39.3 Å². The van der Waals surface area contributed by atoms with Crippen molar-refractivity contribution in [2.45, 2.75) is 26.4 Å². The zero-order valence-electron chi connectivity index (χ0n) is 16.0. The molecule has 0 amide bonds. The summed E-state index contributed by atoms with van der Waals surface area (Å²) >= 11 is 0. The fourth-order valence-electron chi connectivity index (χ4n) is 3.86. The van der Waals surface area contributed by atoms with Crippen LogP contribution < -0.4 is 5.56 Å². The number of aliphatic hydroxyl groups excluding tert-OH is 1. The van der Waals surface area contributed by atoms with Gasteiger partial charge >= 0.3 is 0 Å². The molecule has 3 heterocycles. The lowest BCUT2D eigenvalue weighted by molar-refractivity contribution is 0.0921. The minimum Gasteiger partial charge on any atom is -0.507 e. The third kappa shape index (κ3) is 4.05. The van der Waals surface area contributed by atoms with Gasteiger partial charge in [-0.2, -0.15) is 0 Å². The van der Waals surface area contributed by atoms with Crippen LogP contribution in [0.1, 0.15) is 29.9 Å². The van der Waals surface area contributed by atoms with Gasteiger partial charge in [0.25, 0.3) is 5.56 Å². The Morgan fingerprint density at radius 3 is 2.56 bits per heavy atom. The molecular weight excluding hydrogens is 344 g/mol. The molecule has 27 heavy (non-hydrogen) atoms. The Morgan fingerprint density at radius 2 is 1.96 bits per heavy atom. The molecule has 1 fully saturated rings. The molecule has 0 bridgehead atoms. The molecule has 0 radical (unpaired) electrons. The van der Waals surface area contributed by atoms with Crippen molar-refractivity contribution >= 4 is 0 Å². The first-order valence-electron chi connectivity index (χ1n) is 9.48. The van der Waals surface area contributed by atoms with E-state index < -0.39 is 6.04 Å². The Labute approximate surface area is 159 Å². The molecule has 1 unspecified atom stereocenters. The van der Waals surface area contributed by atoms with Crippen molar-refractivity contribution in [1.29, 1.82) is 0 Å². The molecule has 2 N–H and O–H groups in total. The van der Waals surface area contributed by atoms with E-state index in [1.54, 1.807) is 16.8 Å². The van der Waals surface area contributed by atoms with Gasteiger partial charge in [-0.25, -0.2) is 0 Å². The summed E-state index contributed by atoms with van der Waals surface area (Å²) in [6.45, 7) is 8.19. The standard InChI is InChI=1S/C20H28N4O3/c1-3-24-15(2)14-17(26)18(20(24)27)19(16-6-4-5-7-21-16)23-10-8-22(9-11-23)12-13-25/h4-7,14,19,25-26H,3,8-13H2,1-2H3. The topological polar surface area (TPSA) is 81.8 Å². The zero-order chi connectivity index (χ0) is 19.4. The lowest BCUT2D eigenvalue weighted by Gasteiger charge is -2.39. The van der Waals surface area contributed by atoms with Gasteiger partial charge in [-0.3, -0.25) is 19.6 Å². The van der Waals surface area contributed by atoms with Crippen LogP contribution in [0.4, 0.5) is 0 Å². The summed E-state index contributed by atoms with van der Waals surface area (Å²) in [5.74, 6) is 0.0237. The van der Waals surface area contributed by atoms with Gasteiger partial charge in [0.15, 0.2) is 0 Å². The van der Waals surface area contributed by atoms with Crippen molar-refractivity contribution in [1.82, 2.24) is 19.4 Å². The number of aromatic nitrogens is 2. The summed E-state index contributed by atoms with van der Waals surface area (Å²) in [4.78, 5) is 22.1. The number of piperazine rings is 1. The molecule has 7 heteroatoms. The van der Waals surface area contributed by atoms with Crippen LogP contribution in [-0.2, 0) is 6.54 Å². The van der Waals surface area contributed by atoms with E-state index in [1.165, 1.54) is 0 Å². The maximum Gasteiger partial charge on any atom is 0.259 e. The summed E-state index contributed by atoms with van der Waals surface area (Å²) < 4.78 is 1.69. The Hall–Kier alpha value is -2.22. The fourth-order valence-corrected chi connectivity index (χ4v) is 3.86. The van der Waals surface area contributed by atoms with Crippen LogP contribution in [0.3, 0.4) is 0 Å². The molecule has 2 aromatic rings. The minimum absolute atomic E-state index is 0.0237. The minimum atomic E-state index is -0.395. The molecule has 0 aromatic carbocycles. The van der Waals surface area contributed by atoms with Crippen molar-refractivity contribution in [3.05, 3.63) is 57.8 Å². The smallest absolute Gasteiger partial charge is 0.259 e. The summed E-state index contributed by atoms with van der Waals surface area (Å²) in [6.07, 6.45) is 1.72. The third-order valence-corrected chi connectivity index (χ3v) is 5.27. The number of nitrogens with zero attached hydrogens (tertiary/aromatic N) is 4. The fraction of sp³-hybridized carbons (Fsp3) is 0.500. The lowest BCUT2D eigenvalue weighted by atomic mass is 10.00. The van der Waals surface area contributed by atoms with Gasteiger partial charge in [0, 0.05) is 51.2 Å². The first-order valence-corrected chi connectivity index (χ1v) is 9.48. The summed E-state index contributed by atoms with van der Waals surface area (Å²) in [5, 5.41) is 19.8. The van der Waals surface area contributed by atoms with E-state index in [1.807, 2.05) is 32.0 Å². The van der Waals surface area contributed by atoms with Gasteiger partial charge in [0.1, 0.15) is 5.75 Å². The molecule has 1 aliphatic rings. The van der Waals surface area contributed by atoms with Crippen molar-refractivity contribution in [3.63, 3.8) is 0 Å². The van der Waals surface area contributed by atoms with Crippen LogP contribution in [0.15, 0.2) is 35.3 Å². The second-order valence-electron chi connectivity index (χ2n) is 6.89. The van der Waals surface area contributed by atoms with Gasteiger partial charge < -0.3 is 14.8 Å². The molecule has 1 aliphatic heterocycles. The van der Waals surface area contributed by atoms with Crippen molar-refractivity contribution in [2.24, 2.45) is 0 Å². The number of aliphatic hydroxyl groups is 1. The number of aryl methyl sites for hydroxylation is 1. The molecule has 1 saturated heterocycles. The maximum absolute atomic E-state index is 13.2. The van der Waals surface area contributed by atoms with Gasteiger partial charge in [0.05, 0.1) is 23.9 Å². The average Bonchev–Trinajstić information content (AvgIpc) is 2.67. The number of β-amino-alcohol motifs (C(OH)–C–C–N with tert-alkyl or cyclic N) is 1. The Morgan fingerprint density at radius 1 is 1.22 bits per heavy atom. The van der Waals surface area contributed by atoms with E-state index in [0.29, 0.717) is 18.7 Å². The Bertz CT molecular complexity index is 814. The second-order valence-corrected chi connectivity index (χ2v) is 6.89. The second kappa shape index (κ2) is 8.65. The van der Waals surface area contributed by atoms with Gasteiger partial charge in [-0.1, -0.05) is 6.07 Å². The molecule has 0 spiro atoms. The molecule has 0 saturated carbocycles. The predicted octanol–water partition coefficient (Wildman–Crippen LogP) is 0.977. The van der Waals surface area contributed by atoms with E-state index in [9.17, 15) is 9.90 Å². The lowest BCUT2D eigenvalue weighted by Crippen LogP contribution is -2.49. The number of pyridine rings is 2. The summed E-state index contributed by atoms with van der Waals surface area (Å²) in [5.41, 5.74) is 1.73. The number of hydrogen-bond donors (Lipinski definition) is 2.